The van der Waals surface area contributed by atoms with Gasteiger partial charge in [-0.05, 0) is 36.6 Å². The van der Waals surface area contributed by atoms with Crippen LogP contribution in [0.25, 0.3) is 0 Å². The summed E-state index contributed by atoms with van der Waals surface area (Å²) in [6.07, 6.45) is 5.14. The summed E-state index contributed by atoms with van der Waals surface area (Å²) in [5.41, 5.74) is 1.91. The van der Waals surface area contributed by atoms with Crippen LogP contribution in [0.15, 0.2) is 66.9 Å². The highest BCUT2D eigenvalue weighted by Crippen LogP contribution is 2.36. The number of aromatic nitrogens is 2. The minimum atomic E-state index is 0.310. The minimum Gasteiger partial charge on any atom is -0.439 e. The third-order valence-electron chi connectivity index (χ3n) is 4.87. The van der Waals surface area contributed by atoms with Crippen molar-refractivity contribution in [2.75, 3.05) is 5.32 Å². The lowest BCUT2D eigenvalue weighted by atomic mass is 9.94. The highest BCUT2D eigenvalue weighted by molar-refractivity contribution is 5.39. The number of nitriles is 1. The van der Waals surface area contributed by atoms with Crippen LogP contribution in [0.2, 0.25) is 0 Å². The van der Waals surface area contributed by atoms with E-state index in [0.717, 1.165) is 6.42 Å². The molecule has 0 saturated heterocycles. The average Bonchev–Trinajstić information content (AvgIpc) is 3.17. The highest BCUT2D eigenvalue weighted by atomic mass is 16.5. The lowest BCUT2D eigenvalue weighted by Gasteiger charge is -2.21. The molecule has 134 valence electrons. The van der Waals surface area contributed by atoms with Gasteiger partial charge in [0.15, 0.2) is 0 Å². The van der Waals surface area contributed by atoms with E-state index in [2.05, 4.69) is 45.6 Å². The average molecular weight is 356 g/mol. The standard InChI is InChI=1S/C22H20N4O/c23-15-16-6-4-9-18(14-16)27-21-12-13-24-22(26-21)25-20-11-5-10-19(20)17-7-2-1-3-8-17/h1-4,6-9,12-14,19-20H,5,10-11H2,(H,24,25,26). The van der Waals surface area contributed by atoms with Crippen LogP contribution in [0.1, 0.15) is 36.3 Å². The van der Waals surface area contributed by atoms with Gasteiger partial charge in [0.2, 0.25) is 11.8 Å². The monoisotopic (exact) mass is 356 g/mol. The molecule has 5 nitrogen and oxygen atoms in total. The molecule has 0 amide bonds. The van der Waals surface area contributed by atoms with Crippen molar-refractivity contribution in [3.63, 3.8) is 0 Å². The number of hydrogen-bond donors (Lipinski definition) is 1. The molecule has 1 fully saturated rings. The van der Waals surface area contributed by atoms with Crippen LogP contribution in [0.3, 0.4) is 0 Å². The van der Waals surface area contributed by atoms with Gasteiger partial charge >= 0.3 is 0 Å². The molecule has 1 aliphatic carbocycles. The third kappa shape index (κ3) is 4.06. The Balaban J connectivity index is 1.48. The van der Waals surface area contributed by atoms with E-state index >= 15 is 0 Å². The maximum Gasteiger partial charge on any atom is 0.226 e. The van der Waals surface area contributed by atoms with E-state index < -0.39 is 0 Å². The largest absolute Gasteiger partial charge is 0.439 e. The number of ether oxygens (including phenoxy) is 1. The first kappa shape index (κ1) is 17.0. The summed E-state index contributed by atoms with van der Waals surface area (Å²) in [4.78, 5) is 8.84. The molecule has 0 radical (unpaired) electrons. The molecule has 0 aliphatic heterocycles. The fraction of sp³-hybridized carbons (Fsp3) is 0.227. The first-order chi connectivity index (χ1) is 13.3. The first-order valence-corrected chi connectivity index (χ1v) is 9.14. The molecule has 1 heterocycles. The molecular formula is C22H20N4O. The smallest absolute Gasteiger partial charge is 0.226 e. The van der Waals surface area contributed by atoms with Gasteiger partial charge in [-0.15, -0.1) is 0 Å². The third-order valence-corrected chi connectivity index (χ3v) is 4.87. The van der Waals surface area contributed by atoms with Crippen molar-refractivity contribution in [1.29, 1.82) is 5.26 Å². The molecule has 27 heavy (non-hydrogen) atoms. The first-order valence-electron chi connectivity index (χ1n) is 9.14. The van der Waals surface area contributed by atoms with Crippen LogP contribution >= 0.6 is 0 Å². The fourth-order valence-electron chi connectivity index (χ4n) is 3.62. The second-order valence-corrected chi connectivity index (χ2v) is 6.66. The molecule has 2 unspecified atom stereocenters. The zero-order valence-electron chi connectivity index (χ0n) is 14.9. The number of nitrogens with one attached hydrogen (secondary N) is 1. The van der Waals surface area contributed by atoms with Crippen molar-refractivity contribution in [2.24, 2.45) is 0 Å². The lowest BCUT2D eigenvalue weighted by Crippen LogP contribution is -2.23. The topological polar surface area (TPSA) is 70.8 Å². The van der Waals surface area contributed by atoms with E-state index in [1.807, 2.05) is 6.07 Å². The Morgan fingerprint density at radius 1 is 1.04 bits per heavy atom. The van der Waals surface area contributed by atoms with Crippen LogP contribution in [-0.2, 0) is 0 Å². The fourth-order valence-corrected chi connectivity index (χ4v) is 3.62. The van der Waals surface area contributed by atoms with Crippen LogP contribution in [0, 0.1) is 11.3 Å². The molecule has 1 aromatic heterocycles. The summed E-state index contributed by atoms with van der Waals surface area (Å²) in [5.74, 6) is 2.07. The summed E-state index contributed by atoms with van der Waals surface area (Å²) >= 11 is 0. The van der Waals surface area contributed by atoms with E-state index in [-0.39, 0.29) is 0 Å². The molecule has 2 aromatic carbocycles. The predicted octanol–water partition coefficient (Wildman–Crippen LogP) is 4.89. The van der Waals surface area contributed by atoms with E-state index in [0.29, 0.717) is 35.1 Å². The van der Waals surface area contributed by atoms with Crippen LogP contribution in [-0.4, -0.2) is 16.0 Å². The summed E-state index contributed by atoms with van der Waals surface area (Å²) < 4.78 is 5.80. The summed E-state index contributed by atoms with van der Waals surface area (Å²) in [6.45, 7) is 0. The van der Waals surface area contributed by atoms with Crippen molar-refractivity contribution < 1.29 is 4.74 Å². The van der Waals surface area contributed by atoms with Gasteiger partial charge in [-0.2, -0.15) is 10.2 Å². The normalized spacial score (nSPS) is 18.6. The Kier molecular flexibility index (Phi) is 4.97. The van der Waals surface area contributed by atoms with Crippen molar-refractivity contribution in [3.05, 3.63) is 78.0 Å². The van der Waals surface area contributed by atoms with Gasteiger partial charge in [0.1, 0.15) is 5.75 Å². The van der Waals surface area contributed by atoms with Gasteiger partial charge < -0.3 is 10.1 Å². The zero-order chi connectivity index (χ0) is 18.5. The predicted molar refractivity (Wildman–Crippen MR) is 104 cm³/mol. The highest BCUT2D eigenvalue weighted by Gasteiger charge is 2.29. The molecule has 1 N–H and O–H groups in total. The van der Waals surface area contributed by atoms with Crippen LogP contribution in [0.4, 0.5) is 5.95 Å². The Morgan fingerprint density at radius 2 is 1.93 bits per heavy atom. The molecule has 3 aromatic rings. The molecule has 0 spiro atoms. The number of hydrogen-bond acceptors (Lipinski definition) is 5. The van der Waals surface area contributed by atoms with E-state index in [9.17, 15) is 0 Å². The Bertz CT molecular complexity index is 952. The molecule has 1 saturated carbocycles. The molecule has 0 bridgehead atoms. The SMILES string of the molecule is N#Cc1cccc(Oc2ccnc(NC3CCCC3c3ccccc3)n2)c1. The molecular weight excluding hydrogens is 336 g/mol. The summed E-state index contributed by atoms with van der Waals surface area (Å²) in [5, 5.41) is 12.5. The number of rotatable bonds is 5. The Labute approximate surface area is 158 Å². The van der Waals surface area contributed by atoms with Gasteiger partial charge in [0.05, 0.1) is 11.6 Å². The number of anilines is 1. The Morgan fingerprint density at radius 3 is 2.78 bits per heavy atom. The molecule has 4 rings (SSSR count). The van der Waals surface area contributed by atoms with Gasteiger partial charge in [-0.3, -0.25) is 0 Å². The maximum absolute atomic E-state index is 9.01. The van der Waals surface area contributed by atoms with Gasteiger partial charge in [-0.1, -0.05) is 42.8 Å². The molecule has 2 atom stereocenters. The van der Waals surface area contributed by atoms with Gasteiger partial charge in [0.25, 0.3) is 0 Å². The second-order valence-electron chi connectivity index (χ2n) is 6.66. The summed E-state index contributed by atoms with van der Waals surface area (Å²) in [6, 6.07) is 21.8. The number of nitrogens with zero attached hydrogens (tertiary/aromatic N) is 3. The quantitative estimate of drug-likeness (QED) is 0.705. The van der Waals surface area contributed by atoms with Crippen molar-refractivity contribution in [2.45, 2.75) is 31.2 Å². The van der Waals surface area contributed by atoms with Crippen LogP contribution < -0.4 is 10.1 Å². The van der Waals surface area contributed by atoms with Crippen molar-refractivity contribution in [1.82, 2.24) is 9.97 Å². The van der Waals surface area contributed by atoms with Crippen molar-refractivity contribution in [3.8, 4) is 17.7 Å². The van der Waals surface area contributed by atoms with Gasteiger partial charge in [-0.25, -0.2) is 4.98 Å². The molecule has 5 heteroatoms. The second kappa shape index (κ2) is 7.88. The van der Waals surface area contributed by atoms with Crippen molar-refractivity contribution >= 4 is 5.95 Å². The molecule has 1 aliphatic rings. The Hall–Kier alpha value is -3.39. The minimum absolute atomic E-state index is 0.310. The van der Waals surface area contributed by atoms with Gasteiger partial charge in [0, 0.05) is 24.2 Å². The maximum atomic E-state index is 9.01. The van der Waals surface area contributed by atoms with E-state index in [1.165, 1.54) is 18.4 Å². The lowest BCUT2D eigenvalue weighted by molar-refractivity contribution is 0.461. The summed E-state index contributed by atoms with van der Waals surface area (Å²) in [7, 11) is 0. The van der Waals surface area contributed by atoms with E-state index in [1.54, 1.807) is 36.5 Å². The number of benzene rings is 2. The van der Waals surface area contributed by atoms with Crippen LogP contribution in [0.5, 0.6) is 11.6 Å². The zero-order valence-corrected chi connectivity index (χ0v) is 14.9. The van der Waals surface area contributed by atoms with E-state index in [4.69, 9.17) is 10.00 Å².